The van der Waals surface area contributed by atoms with Gasteiger partial charge in [0.25, 0.3) is 0 Å². The van der Waals surface area contributed by atoms with Crippen molar-refractivity contribution in [2.45, 2.75) is 0 Å². The van der Waals surface area contributed by atoms with E-state index in [4.69, 9.17) is 4.74 Å². The highest BCUT2D eigenvalue weighted by atomic mass is 16.5. The average molecular weight is 268 g/mol. The minimum absolute atomic E-state index is 0.0657. The fraction of sp³-hybridized carbons (Fsp3) is 0.0714. The van der Waals surface area contributed by atoms with Gasteiger partial charge in [-0.25, -0.2) is 4.98 Å². The Morgan fingerprint density at radius 3 is 2.80 bits per heavy atom. The molecule has 0 atom stereocenters. The van der Waals surface area contributed by atoms with Gasteiger partial charge >= 0.3 is 0 Å². The minimum Gasteiger partial charge on any atom is -0.507 e. The summed E-state index contributed by atoms with van der Waals surface area (Å²) in [7, 11) is 1.54. The van der Waals surface area contributed by atoms with Gasteiger partial charge in [-0.1, -0.05) is 6.07 Å². The summed E-state index contributed by atoms with van der Waals surface area (Å²) < 4.78 is 5.04. The molecule has 2 N–H and O–H groups in total. The third-order valence-electron chi connectivity index (χ3n) is 2.84. The second-order valence-electron chi connectivity index (χ2n) is 4.11. The van der Waals surface area contributed by atoms with E-state index in [0.717, 1.165) is 0 Å². The SMILES string of the molecule is COc1ccc(-c2n[nH]c(-c3ccccn3)n2)c(O)c1. The molecule has 20 heavy (non-hydrogen) atoms. The smallest absolute Gasteiger partial charge is 0.185 e. The van der Waals surface area contributed by atoms with E-state index in [0.29, 0.717) is 28.7 Å². The lowest BCUT2D eigenvalue weighted by Crippen LogP contribution is -1.86. The van der Waals surface area contributed by atoms with Crippen LogP contribution in [0.4, 0.5) is 0 Å². The van der Waals surface area contributed by atoms with Crippen LogP contribution in [-0.2, 0) is 0 Å². The van der Waals surface area contributed by atoms with Crippen LogP contribution in [0.25, 0.3) is 22.9 Å². The number of aromatic amines is 1. The molecule has 0 fully saturated rings. The number of nitrogens with zero attached hydrogens (tertiary/aromatic N) is 3. The van der Waals surface area contributed by atoms with E-state index in [1.807, 2.05) is 18.2 Å². The number of phenols is 1. The zero-order valence-electron chi connectivity index (χ0n) is 10.7. The summed E-state index contributed by atoms with van der Waals surface area (Å²) in [5, 5.41) is 16.9. The summed E-state index contributed by atoms with van der Waals surface area (Å²) in [6.07, 6.45) is 1.68. The Hall–Kier alpha value is -2.89. The molecule has 2 heterocycles. The van der Waals surface area contributed by atoms with Gasteiger partial charge in [-0.05, 0) is 24.3 Å². The van der Waals surface area contributed by atoms with Gasteiger partial charge in [0, 0.05) is 12.3 Å². The van der Waals surface area contributed by atoms with E-state index < -0.39 is 0 Å². The third kappa shape index (κ3) is 2.18. The molecular formula is C14H12N4O2. The summed E-state index contributed by atoms with van der Waals surface area (Å²) in [6.45, 7) is 0. The molecule has 0 unspecified atom stereocenters. The molecule has 6 heteroatoms. The fourth-order valence-electron chi connectivity index (χ4n) is 1.83. The van der Waals surface area contributed by atoms with Crippen molar-refractivity contribution >= 4 is 0 Å². The van der Waals surface area contributed by atoms with Crippen molar-refractivity contribution in [3.8, 4) is 34.4 Å². The van der Waals surface area contributed by atoms with Crippen LogP contribution in [0.5, 0.6) is 11.5 Å². The molecule has 6 nitrogen and oxygen atoms in total. The molecule has 0 saturated heterocycles. The van der Waals surface area contributed by atoms with Crippen molar-refractivity contribution in [3.63, 3.8) is 0 Å². The van der Waals surface area contributed by atoms with Gasteiger partial charge in [-0.15, -0.1) is 0 Å². The number of hydrogen-bond donors (Lipinski definition) is 2. The van der Waals surface area contributed by atoms with Crippen LogP contribution in [0, 0.1) is 0 Å². The number of methoxy groups -OCH3 is 1. The fourth-order valence-corrected chi connectivity index (χ4v) is 1.83. The number of benzene rings is 1. The quantitative estimate of drug-likeness (QED) is 0.761. The molecule has 0 aliphatic carbocycles. The lowest BCUT2D eigenvalue weighted by atomic mass is 10.2. The van der Waals surface area contributed by atoms with Crippen LogP contribution < -0.4 is 4.74 Å². The first kappa shape index (κ1) is 12.2. The van der Waals surface area contributed by atoms with Crippen molar-refractivity contribution in [1.82, 2.24) is 20.2 Å². The largest absolute Gasteiger partial charge is 0.507 e. The average Bonchev–Trinajstić information content (AvgIpc) is 2.97. The van der Waals surface area contributed by atoms with Gasteiger partial charge in [0.15, 0.2) is 11.6 Å². The zero-order valence-corrected chi connectivity index (χ0v) is 10.7. The second kappa shape index (κ2) is 5.00. The van der Waals surface area contributed by atoms with E-state index in [1.165, 1.54) is 6.07 Å². The van der Waals surface area contributed by atoms with Crippen molar-refractivity contribution in [2.75, 3.05) is 7.11 Å². The molecule has 0 bridgehead atoms. The van der Waals surface area contributed by atoms with Crippen LogP contribution >= 0.6 is 0 Å². The highest BCUT2D eigenvalue weighted by Gasteiger charge is 2.12. The number of aromatic nitrogens is 4. The van der Waals surface area contributed by atoms with Crippen LogP contribution in [0.3, 0.4) is 0 Å². The van der Waals surface area contributed by atoms with E-state index >= 15 is 0 Å². The first-order chi connectivity index (χ1) is 9.78. The van der Waals surface area contributed by atoms with E-state index in [9.17, 15) is 5.11 Å². The highest BCUT2D eigenvalue weighted by molar-refractivity contribution is 5.66. The van der Waals surface area contributed by atoms with Gasteiger partial charge in [0.2, 0.25) is 0 Å². The number of H-pyrrole nitrogens is 1. The molecular weight excluding hydrogens is 256 g/mol. The topological polar surface area (TPSA) is 83.9 Å². The van der Waals surface area contributed by atoms with Gasteiger partial charge in [0.1, 0.15) is 17.2 Å². The molecule has 0 aliphatic heterocycles. The van der Waals surface area contributed by atoms with Gasteiger partial charge in [-0.3, -0.25) is 10.1 Å². The maximum Gasteiger partial charge on any atom is 0.185 e. The molecule has 0 aliphatic rings. The summed E-state index contributed by atoms with van der Waals surface area (Å²) in [5.41, 5.74) is 1.23. The van der Waals surface area contributed by atoms with Crippen molar-refractivity contribution in [1.29, 1.82) is 0 Å². The molecule has 3 rings (SSSR count). The highest BCUT2D eigenvalue weighted by Crippen LogP contribution is 2.30. The van der Waals surface area contributed by atoms with Crippen LogP contribution in [0.1, 0.15) is 0 Å². The summed E-state index contributed by atoms with van der Waals surface area (Å²) in [6, 6.07) is 10.5. The zero-order chi connectivity index (χ0) is 13.9. The monoisotopic (exact) mass is 268 g/mol. The Morgan fingerprint density at radius 1 is 1.20 bits per heavy atom. The summed E-state index contributed by atoms with van der Waals surface area (Å²) in [5.74, 6) is 1.60. The van der Waals surface area contributed by atoms with Gasteiger partial charge in [0.05, 0.1) is 12.7 Å². The van der Waals surface area contributed by atoms with Crippen molar-refractivity contribution in [2.24, 2.45) is 0 Å². The summed E-state index contributed by atoms with van der Waals surface area (Å²) >= 11 is 0. The molecule has 1 aromatic carbocycles. The summed E-state index contributed by atoms with van der Waals surface area (Å²) in [4.78, 5) is 8.53. The molecule has 100 valence electrons. The maximum absolute atomic E-state index is 9.97. The Kier molecular flexibility index (Phi) is 3.04. The second-order valence-corrected chi connectivity index (χ2v) is 4.11. The van der Waals surface area contributed by atoms with E-state index in [2.05, 4.69) is 20.2 Å². The van der Waals surface area contributed by atoms with E-state index in [-0.39, 0.29) is 5.75 Å². The number of rotatable bonds is 3. The van der Waals surface area contributed by atoms with Crippen molar-refractivity contribution in [3.05, 3.63) is 42.6 Å². The van der Waals surface area contributed by atoms with Gasteiger partial charge in [-0.2, -0.15) is 5.10 Å². The van der Waals surface area contributed by atoms with Crippen LogP contribution in [0.15, 0.2) is 42.6 Å². The number of hydrogen-bond acceptors (Lipinski definition) is 5. The molecule has 0 radical (unpaired) electrons. The number of aromatic hydroxyl groups is 1. The molecule has 0 spiro atoms. The van der Waals surface area contributed by atoms with Crippen molar-refractivity contribution < 1.29 is 9.84 Å². The predicted octanol–water partition coefficient (Wildman–Crippen LogP) is 2.25. The van der Waals surface area contributed by atoms with Crippen LogP contribution in [-0.4, -0.2) is 32.4 Å². The Bertz CT molecular complexity index is 725. The lowest BCUT2D eigenvalue weighted by Gasteiger charge is -2.03. The van der Waals surface area contributed by atoms with E-state index in [1.54, 1.807) is 25.4 Å². The lowest BCUT2D eigenvalue weighted by molar-refractivity contribution is 0.408. The number of ether oxygens (including phenoxy) is 1. The molecule has 2 aromatic heterocycles. The molecule has 0 saturated carbocycles. The number of nitrogens with one attached hydrogen (secondary N) is 1. The first-order valence-electron chi connectivity index (χ1n) is 5.99. The maximum atomic E-state index is 9.97. The van der Waals surface area contributed by atoms with Crippen LogP contribution in [0.2, 0.25) is 0 Å². The Labute approximate surface area is 115 Å². The minimum atomic E-state index is 0.0657. The molecule has 3 aromatic rings. The number of phenolic OH excluding ortho intramolecular Hbond substituents is 1. The first-order valence-corrected chi connectivity index (χ1v) is 5.99. The van der Waals surface area contributed by atoms with Gasteiger partial charge < -0.3 is 9.84 Å². The third-order valence-corrected chi connectivity index (χ3v) is 2.84. The normalized spacial score (nSPS) is 10.4. The number of pyridine rings is 1. The Morgan fingerprint density at radius 2 is 2.10 bits per heavy atom. The molecule has 0 amide bonds. The standard InChI is InChI=1S/C14H12N4O2/c1-20-9-5-6-10(12(19)8-9)13-16-14(18-17-13)11-4-2-3-7-15-11/h2-8,19H,1H3,(H,16,17,18). The Balaban J connectivity index is 1.98. The predicted molar refractivity (Wildman–Crippen MR) is 73.3 cm³/mol.